The molecule has 2 aliphatic rings. The topological polar surface area (TPSA) is 75.4 Å². The van der Waals surface area contributed by atoms with Crippen LogP contribution in [0, 0.1) is 19.8 Å². The van der Waals surface area contributed by atoms with E-state index in [0.717, 1.165) is 67.6 Å². The first kappa shape index (κ1) is 18.9. The molecule has 2 aromatic heterocycles. The zero-order valence-corrected chi connectivity index (χ0v) is 17.2. The van der Waals surface area contributed by atoms with Crippen molar-refractivity contribution in [2.24, 2.45) is 5.92 Å². The number of carbonyl (C=O) groups excluding carboxylic acids is 1. The van der Waals surface area contributed by atoms with E-state index in [1.807, 2.05) is 39.0 Å². The lowest BCUT2D eigenvalue weighted by atomic mass is 10.00. The Morgan fingerprint density at radius 2 is 1.93 bits per heavy atom. The molecule has 0 aromatic carbocycles. The Balaban J connectivity index is 1.76. The van der Waals surface area contributed by atoms with Crippen molar-refractivity contribution in [3.8, 4) is 11.3 Å². The summed E-state index contributed by atoms with van der Waals surface area (Å²) in [7, 11) is 3.86. The standard InChI is InChI=1S/C21H29N5O2/c1-13-14(2)24-28-19(13)16-12-22-21(25(3)4)23-18(16)17-10-7-11-26(17)20(27)15-8-5-6-9-15/h12,15,17H,5-11H2,1-4H3/t17-/m0/s1. The fraction of sp³-hybridized carbons (Fsp3) is 0.619. The van der Waals surface area contributed by atoms with Gasteiger partial charge in [0, 0.05) is 38.3 Å². The maximum Gasteiger partial charge on any atom is 0.226 e. The molecule has 7 nitrogen and oxygen atoms in total. The van der Waals surface area contributed by atoms with Gasteiger partial charge in [-0.2, -0.15) is 0 Å². The Morgan fingerprint density at radius 1 is 1.18 bits per heavy atom. The van der Waals surface area contributed by atoms with Crippen molar-refractivity contribution >= 4 is 11.9 Å². The summed E-state index contributed by atoms with van der Waals surface area (Å²) in [6, 6.07) is -0.0328. The van der Waals surface area contributed by atoms with Crippen molar-refractivity contribution < 1.29 is 9.32 Å². The minimum absolute atomic E-state index is 0.0328. The van der Waals surface area contributed by atoms with Crippen LogP contribution in [0.15, 0.2) is 10.7 Å². The molecule has 150 valence electrons. The van der Waals surface area contributed by atoms with E-state index in [9.17, 15) is 4.79 Å². The fourth-order valence-corrected chi connectivity index (χ4v) is 4.42. The number of nitrogens with zero attached hydrogens (tertiary/aromatic N) is 5. The van der Waals surface area contributed by atoms with Crippen LogP contribution in [0.4, 0.5) is 5.95 Å². The van der Waals surface area contributed by atoms with E-state index in [-0.39, 0.29) is 12.0 Å². The van der Waals surface area contributed by atoms with Crippen LogP contribution in [0.3, 0.4) is 0 Å². The lowest BCUT2D eigenvalue weighted by molar-refractivity contribution is -0.136. The monoisotopic (exact) mass is 383 g/mol. The van der Waals surface area contributed by atoms with Gasteiger partial charge in [0.25, 0.3) is 0 Å². The van der Waals surface area contributed by atoms with Gasteiger partial charge in [-0.1, -0.05) is 18.0 Å². The van der Waals surface area contributed by atoms with Gasteiger partial charge in [-0.3, -0.25) is 4.79 Å². The van der Waals surface area contributed by atoms with E-state index in [4.69, 9.17) is 9.51 Å². The predicted molar refractivity (Wildman–Crippen MR) is 107 cm³/mol. The van der Waals surface area contributed by atoms with Crippen molar-refractivity contribution in [2.45, 2.75) is 58.4 Å². The third-order valence-corrected chi connectivity index (χ3v) is 6.16. The summed E-state index contributed by atoms with van der Waals surface area (Å²) in [5.41, 5.74) is 3.58. The van der Waals surface area contributed by atoms with Crippen LogP contribution in [0.2, 0.25) is 0 Å². The molecule has 0 spiro atoms. The highest BCUT2D eigenvalue weighted by Gasteiger charge is 2.37. The highest BCUT2D eigenvalue weighted by molar-refractivity contribution is 5.80. The lowest BCUT2D eigenvalue weighted by Gasteiger charge is -2.28. The summed E-state index contributed by atoms with van der Waals surface area (Å²) in [5.74, 6) is 1.82. The minimum Gasteiger partial charge on any atom is -0.356 e. The molecule has 1 aliphatic heterocycles. The smallest absolute Gasteiger partial charge is 0.226 e. The highest BCUT2D eigenvalue weighted by atomic mass is 16.5. The third-order valence-electron chi connectivity index (χ3n) is 6.16. The summed E-state index contributed by atoms with van der Waals surface area (Å²) in [6.45, 7) is 4.73. The summed E-state index contributed by atoms with van der Waals surface area (Å²) < 4.78 is 5.63. The first-order chi connectivity index (χ1) is 13.5. The van der Waals surface area contributed by atoms with Gasteiger partial charge in [0.2, 0.25) is 11.9 Å². The van der Waals surface area contributed by atoms with E-state index in [2.05, 4.69) is 15.0 Å². The largest absolute Gasteiger partial charge is 0.356 e. The quantitative estimate of drug-likeness (QED) is 0.802. The number of anilines is 1. The summed E-state index contributed by atoms with van der Waals surface area (Å²) in [6.07, 6.45) is 8.09. The van der Waals surface area contributed by atoms with Crippen molar-refractivity contribution in [3.05, 3.63) is 23.1 Å². The highest BCUT2D eigenvalue weighted by Crippen LogP contribution is 2.40. The van der Waals surface area contributed by atoms with E-state index in [1.165, 1.54) is 0 Å². The first-order valence-electron chi connectivity index (χ1n) is 10.3. The second-order valence-corrected chi connectivity index (χ2v) is 8.26. The van der Waals surface area contributed by atoms with Crippen LogP contribution < -0.4 is 4.90 Å². The van der Waals surface area contributed by atoms with Crippen LogP contribution >= 0.6 is 0 Å². The Labute approximate surface area is 166 Å². The zero-order chi connectivity index (χ0) is 19.8. The molecular formula is C21H29N5O2. The number of aromatic nitrogens is 3. The molecule has 0 bridgehead atoms. The van der Waals surface area contributed by atoms with Gasteiger partial charge in [0.15, 0.2) is 5.76 Å². The van der Waals surface area contributed by atoms with Gasteiger partial charge in [-0.25, -0.2) is 9.97 Å². The van der Waals surface area contributed by atoms with Gasteiger partial charge in [-0.15, -0.1) is 0 Å². The number of likely N-dealkylation sites (tertiary alicyclic amines) is 1. The van der Waals surface area contributed by atoms with Gasteiger partial charge in [0.05, 0.1) is 23.0 Å². The van der Waals surface area contributed by atoms with Crippen LogP contribution in [0.5, 0.6) is 0 Å². The number of hydrogen-bond acceptors (Lipinski definition) is 6. The molecule has 1 saturated carbocycles. The van der Waals surface area contributed by atoms with Gasteiger partial charge >= 0.3 is 0 Å². The summed E-state index contributed by atoms with van der Waals surface area (Å²) in [4.78, 5) is 26.5. The van der Waals surface area contributed by atoms with Crippen molar-refractivity contribution in [3.63, 3.8) is 0 Å². The zero-order valence-electron chi connectivity index (χ0n) is 17.2. The number of hydrogen-bond donors (Lipinski definition) is 0. The molecule has 1 aliphatic carbocycles. The summed E-state index contributed by atoms with van der Waals surface area (Å²) in [5, 5.41) is 4.11. The SMILES string of the molecule is Cc1noc(-c2cnc(N(C)C)nc2[C@@H]2CCCN2C(=O)C2CCCC2)c1C. The van der Waals surface area contributed by atoms with Crippen molar-refractivity contribution in [1.82, 2.24) is 20.0 Å². The molecular weight excluding hydrogens is 354 g/mol. The molecule has 0 unspecified atom stereocenters. The maximum absolute atomic E-state index is 13.2. The molecule has 0 radical (unpaired) electrons. The molecule has 1 saturated heterocycles. The molecule has 4 rings (SSSR count). The minimum atomic E-state index is -0.0328. The number of rotatable bonds is 4. The lowest BCUT2D eigenvalue weighted by Crippen LogP contribution is -2.35. The van der Waals surface area contributed by atoms with Crippen LogP contribution in [0.1, 0.15) is 61.5 Å². The van der Waals surface area contributed by atoms with Crippen LogP contribution in [-0.4, -0.2) is 46.6 Å². The van der Waals surface area contributed by atoms with E-state index >= 15 is 0 Å². The molecule has 3 heterocycles. The molecule has 0 N–H and O–H groups in total. The average molecular weight is 383 g/mol. The molecule has 2 aromatic rings. The van der Waals surface area contributed by atoms with Gasteiger partial charge in [-0.05, 0) is 39.5 Å². The first-order valence-corrected chi connectivity index (χ1v) is 10.3. The summed E-state index contributed by atoms with van der Waals surface area (Å²) >= 11 is 0. The molecule has 2 fully saturated rings. The molecule has 1 atom stereocenters. The second kappa shape index (κ2) is 7.53. The van der Waals surface area contributed by atoms with Crippen LogP contribution in [-0.2, 0) is 4.79 Å². The molecule has 28 heavy (non-hydrogen) atoms. The van der Waals surface area contributed by atoms with E-state index in [0.29, 0.717) is 17.6 Å². The molecule has 7 heteroatoms. The Hall–Kier alpha value is -2.44. The van der Waals surface area contributed by atoms with E-state index in [1.54, 1.807) is 0 Å². The Kier molecular flexibility index (Phi) is 5.08. The Morgan fingerprint density at radius 3 is 2.57 bits per heavy atom. The van der Waals surface area contributed by atoms with Crippen molar-refractivity contribution in [1.29, 1.82) is 0 Å². The number of aryl methyl sites for hydroxylation is 1. The fourth-order valence-electron chi connectivity index (χ4n) is 4.42. The van der Waals surface area contributed by atoms with E-state index < -0.39 is 0 Å². The Bertz CT molecular complexity index is 870. The van der Waals surface area contributed by atoms with Gasteiger partial charge in [0.1, 0.15) is 0 Å². The van der Waals surface area contributed by atoms with Crippen molar-refractivity contribution in [2.75, 3.05) is 25.5 Å². The molecule has 1 amide bonds. The predicted octanol–water partition coefficient (Wildman–Crippen LogP) is 3.67. The average Bonchev–Trinajstić information content (AvgIpc) is 3.43. The second-order valence-electron chi connectivity index (χ2n) is 8.26. The normalized spacial score (nSPS) is 20.1. The number of amides is 1. The third kappa shape index (κ3) is 3.27. The maximum atomic E-state index is 13.2. The van der Waals surface area contributed by atoms with Crippen LogP contribution in [0.25, 0.3) is 11.3 Å². The van der Waals surface area contributed by atoms with Gasteiger partial charge < -0.3 is 14.3 Å². The number of carbonyl (C=O) groups is 1.